The van der Waals surface area contributed by atoms with Gasteiger partial charge in [-0.05, 0) is 138 Å². The normalized spacial score (nSPS) is 42.9. The van der Waals surface area contributed by atoms with Gasteiger partial charge in [-0.1, -0.05) is 60.6 Å². The van der Waals surface area contributed by atoms with Gasteiger partial charge in [0.1, 0.15) is 0 Å². The zero-order valence-corrected chi connectivity index (χ0v) is 32.2. The lowest BCUT2D eigenvalue weighted by Crippen LogP contribution is -2.64. The number of ether oxygens (including phenoxy) is 1. The van der Waals surface area contributed by atoms with Crippen LogP contribution in [0.4, 0.5) is 0 Å². The molecule has 7 rings (SSSR count). The quantitative estimate of drug-likeness (QED) is 0.239. The van der Waals surface area contributed by atoms with E-state index in [1.165, 1.54) is 41.6 Å². The van der Waals surface area contributed by atoms with Crippen LogP contribution >= 0.6 is 0 Å². The lowest BCUT2D eigenvalue weighted by atomic mass is 9.33. The molecule has 3 N–H and O–H groups in total. The third-order valence-corrected chi connectivity index (χ3v) is 16.6. The van der Waals surface area contributed by atoms with E-state index >= 15 is 0 Å². The Kier molecular flexibility index (Phi) is 9.37. The molecule has 7 nitrogen and oxygen atoms in total. The highest BCUT2D eigenvalue weighted by Crippen LogP contribution is 2.77. The number of rotatable bonds is 7. The van der Waals surface area contributed by atoms with Gasteiger partial charge < -0.3 is 20.3 Å². The smallest absolute Gasteiger partial charge is 0.306 e. The fourth-order valence-corrected chi connectivity index (χ4v) is 13.9. The molecular formula is C43H66N2O5. The Labute approximate surface area is 301 Å². The first-order chi connectivity index (χ1) is 23.6. The number of nitrogens with zero attached hydrogens (tertiary/aromatic N) is 1. The minimum atomic E-state index is -0.659. The van der Waals surface area contributed by atoms with E-state index in [1.807, 2.05) is 0 Å². The summed E-state index contributed by atoms with van der Waals surface area (Å²) in [6.45, 7) is 22.1. The van der Waals surface area contributed by atoms with Gasteiger partial charge in [-0.15, -0.1) is 0 Å². The number of hydrogen-bond donors (Lipinski definition) is 3. The minimum Gasteiger partial charge on any atom is -0.481 e. The second kappa shape index (κ2) is 12.9. The van der Waals surface area contributed by atoms with Crippen molar-refractivity contribution in [3.05, 3.63) is 34.4 Å². The molecule has 1 saturated heterocycles. The van der Waals surface area contributed by atoms with E-state index in [4.69, 9.17) is 4.74 Å². The SMILES string of the molecule is CC(C)C1=C2[C@H]3CC[C@@H]4[C@@]5(C)CC=C(C6=CCC(C(=O)O)CC6)C(C)(C)[C@@H]5CC[C@@]4(C)[C@]3(C)CC[C@@]2(C(=O)NCCN2CCOCC2)CC1O. The van der Waals surface area contributed by atoms with Crippen LogP contribution < -0.4 is 5.32 Å². The number of carboxylic acid groups (broad SMARTS) is 1. The highest BCUT2D eigenvalue weighted by Gasteiger charge is 2.70. The van der Waals surface area contributed by atoms with Gasteiger partial charge in [-0.25, -0.2) is 0 Å². The molecule has 1 aliphatic heterocycles. The van der Waals surface area contributed by atoms with Crippen molar-refractivity contribution in [3.63, 3.8) is 0 Å². The number of carbonyl (C=O) groups excluding carboxylic acids is 1. The van der Waals surface area contributed by atoms with Gasteiger partial charge in [0.2, 0.25) is 5.91 Å². The standard InChI is InChI=1S/C43H66N2O5/c1-27(2)35-32(46)26-43(38(49)44-20-21-45-22-24-50-25-23-45)19-18-41(6)31(36(35)43)12-13-34-40(5)16-14-30(28-8-10-29(11-9-28)37(47)48)39(3,4)33(40)15-17-42(34,41)7/h8,14,27,29,31-34,46H,9-13,15-26H2,1-7H3,(H,44,49)(H,47,48)/t29?,31-,32?,33+,34-,40+,41-,42-,43-/m1/s1. The molecule has 7 heteroatoms. The molecule has 7 aliphatic rings. The number of carbonyl (C=O) groups is 2. The summed E-state index contributed by atoms with van der Waals surface area (Å²) in [6, 6.07) is 0. The van der Waals surface area contributed by atoms with Gasteiger partial charge in [0, 0.05) is 26.2 Å². The summed E-state index contributed by atoms with van der Waals surface area (Å²) in [5, 5.41) is 24.7. The van der Waals surface area contributed by atoms with Crippen LogP contribution in [0, 0.1) is 56.7 Å². The Morgan fingerprint density at radius 1 is 0.960 bits per heavy atom. The third-order valence-electron chi connectivity index (χ3n) is 16.6. The molecule has 1 amide bonds. The number of aliphatic hydroxyl groups is 1. The number of fused-ring (bicyclic) bond motifs is 7. The summed E-state index contributed by atoms with van der Waals surface area (Å²) >= 11 is 0. The molecule has 4 fully saturated rings. The number of hydrogen-bond acceptors (Lipinski definition) is 5. The van der Waals surface area contributed by atoms with Gasteiger partial charge in [-0.2, -0.15) is 0 Å². The van der Waals surface area contributed by atoms with Crippen LogP contribution in [0.15, 0.2) is 34.4 Å². The van der Waals surface area contributed by atoms with Crippen molar-refractivity contribution in [2.24, 2.45) is 56.7 Å². The van der Waals surface area contributed by atoms with Gasteiger partial charge in [0.25, 0.3) is 0 Å². The number of morpholine rings is 1. The van der Waals surface area contributed by atoms with Crippen LogP contribution in [-0.4, -0.2) is 72.5 Å². The molecule has 9 atom stereocenters. The number of nitrogens with one attached hydrogen (secondary N) is 1. The first-order valence-electron chi connectivity index (χ1n) is 20.2. The maximum atomic E-state index is 14.5. The fourth-order valence-electron chi connectivity index (χ4n) is 13.9. The number of allylic oxidation sites excluding steroid dienone is 4. The highest BCUT2D eigenvalue weighted by molar-refractivity contribution is 5.88. The average Bonchev–Trinajstić information content (AvgIpc) is 3.38. The molecule has 3 saturated carbocycles. The van der Waals surface area contributed by atoms with Gasteiger partial charge in [-0.3, -0.25) is 14.5 Å². The Morgan fingerprint density at radius 3 is 2.36 bits per heavy atom. The topological polar surface area (TPSA) is 99.1 Å². The Hall–Kier alpha value is -1.96. The van der Waals surface area contributed by atoms with Gasteiger partial charge >= 0.3 is 5.97 Å². The molecule has 0 spiro atoms. The summed E-state index contributed by atoms with van der Waals surface area (Å²) in [7, 11) is 0. The molecule has 0 radical (unpaired) electrons. The van der Waals surface area contributed by atoms with Crippen LogP contribution in [0.3, 0.4) is 0 Å². The second-order valence-electron chi connectivity index (χ2n) is 19.2. The zero-order chi connectivity index (χ0) is 35.9. The van der Waals surface area contributed by atoms with Crippen LogP contribution in [0.5, 0.6) is 0 Å². The van der Waals surface area contributed by atoms with Crippen molar-refractivity contribution in [1.29, 1.82) is 0 Å². The molecule has 6 aliphatic carbocycles. The van der Waals surface area contributed by atoms with E-state index in [0.717, 1.165) is 71.4 Å². The van der Waals surface area contributed by atoms with Crippen molar-refractivity contribution >= 4 is 11.9 Å². The summed E-state index contributed by atoms with van der Waals surface area (Å²) in [5.41, 5.74) is 5.22. The molecule has 2 unspecified atom stereocenters. The zero-order valence-electron chi connectivity index (χ0n) is 32.2. The minimum absolute atomic E-state index is 0.0396. The van der Waals surface area contributed by atoms with Crippen LogP contribution in [0.25, 0.3) is 0 Å². The Balaban J connectivity index is 1.18. The fraction of sp³-hybridized carbons (Fsp3) is 0.814. The lowest BCUT2D eigenvalue weighted by molar-refractivity contribution is -0.199. The first kappa shape index (κ1) is 36.4. The average molecular weight is 691 g/mol. The highest BCUT2D eigenvalue weighted by atomic mass is 16.5. The lowest BCUT2D eigenvalue weighted by Gasteiger charge is -2.71. The van der Waals surface area contributed by atoms with E-state index in [-0.39, 0.29) is 39.4 Å². The molecule has 50 heavy (non-hydrogen) atoms. The summed E-state index contributed by atoms with van der Waals surface area (Å²) in [5.74, 6) is 0.941. The van der Waals surface area contributed by atoms with Crippen molar-refractivity contribution in [2.45, 2.75) is 125 Å². The number of aliphatic carboxylic acids is 1. The van der Waals surface area contributed by atoms with Crippen LogP contribution in [0.2, 0.25) is 0 Å². The summed E-state index contributed by atoms with van der Waals surface area (Å²) in [6.07, 6.45) is 14.7. The summed E-state index contributed by atoms with van der Waals surface area (Å²) < 4.78 is 5.53. The predicted molar refractivity (Wildman–Crippen MR) is 197 cm³/mol. The Bertz CT molecular complexity index is 1470. The molecule has 0 bridgehead atoms. The molecular weight excluding hydrogens is 624 g/mol. The monoisotopic (exact) mass is 690 g/mol. The molecule has 1 heterocycles. The maximum absolute atomic E-state index is 14.5. The number of amides is 1. The molecule has 0 aromatic rings. The van der Waals surface area contributed by atoms with Crippen molar-refractivity contribution in [2.75, 3.05) is 39.4 Å². The van der Waals surface area contributed by atoms with Gasteiger partial charge in [0.05, 0.1) is 30.7 Å². The van der Waals surface area contributed by atoms with E-state index < -0.39 is 17.5 Å². The number of carboxylic acids is 1. The van der Waals surface area contributed by atoms with Crippen molar-refractivity contribution < 1.29 is 24.5 Å². The van der Waals surface area contributed by atoms with E-state index in [1.54, 1.807) is 0 Å². The van der Waals surface area contributed by atoms with Gasteiger partial charge in [0.15, 0.2) is 0 Å². The molecule has 0 aromatic carbocycles. The van der Waals surface area contributed by atoms with E-state index in [9.17, 15) is 19.8 Å². The maximum Gasteiger partial charge on any atom is 0.306 e. The third kappa shape index (κ3) is 5.36. The van der Waals surface area contributed by atoms with E-state index in [2.05, 4.69) is 70.8 Å². The molecule has 0 aromatic heterocycles. The first-order valence-corrected chi connectivity index (χ1v) is 20.2. The largest absolute Gasteiger partial charge is 0.481 e. The predicted octanol–water partition coefficient (Wildman–Crippen LogP) is 7.55. The van der Waals surface area contributed by atoms with Crippen LogP contribution in [0.1, 0.15) is 119 Å². The molecule has 278 valence electrons. The summed E-state index contributed by atoms with van der Waals surface area (Å²) in [4.78, 5) is 28.5. The van der Waals surface area contributed by atoms with E-state index in [0.29, 0.717) is 37.1 Å². The second-order valence-corrected chi connectivity index (χ2v) is 19.2. The van der Waals surface area contributed by atoms with Crippen molar-refractivity contribution in [3.8, 4) is 0 Å². The number of aliphatic hydroxyl groups excluding tert-OH is 1. The van der Waals surface area contributed by atoms with Crippen LogP contribution in [-0.2, 0) is 14.3 Å². The van der Waals surface area contributed by atoms with Crippen molar-refractivity contribution in [1.82, 2.24) is 10.2 Å². The Morgan fingerprint density at radius 2 is 1.70 bits per heavy atom.